The lowest BCUT2D eigenvalue weighted by atomic mass is 9.92. The van der Waals surface area contributed by atoms with Crippen LogP contribution in [0.2, 0.25) is 0 Å². The summed E-state index contributed by atoms with van der Waals surface area (Å²) in [4.78, 5) is 4.35. The minimum Gasteiger partial charge on any atom is -0.327 e. The fourth-order valence-electron chi connectivity index (χ4n) is 3.57. The van der Waals surface area contributed by atoms with E-state index in [-0.39, 0.29) is 5.82 Å². The average Bonchev–Trinajstić information content (AvgIpc) is 2.95. The maximum atomic E-state index is 13.3. The molecule has 0 saturated carbocycles. The summed E-state index contributed by atoms with van der Waals surface area (Å²) in [5, 5.41) is 0. The van der Waals surface area contributed by atoms with Crippen molar-refractivity contribution in [2.24, 2.45) is 0 Å². The van der Waals surface area contributed by atoms with E-state index < -0.39 is 0 Å². The van der Waals surface area contributed by atoms with E-state index in [2.05, 4.69) is 27.8 Å². The van der Waals surface area contributed by atoms with E-state index in [1.54, 1.807) is 0 Å². The molecule has 1 aromatic heterocycles. The van der Waals surface area contributed by atoms with Crippen molar-refractivity contribution in [1.82, 2.24) is 9.55 Å². The van der Waals surface area contributed by atoms with Crippen LogP contribution in [0.1, 0.15) is 36.6 Å². The van der Waals surface area contributed by atoms with Crippen LogP contribution in [-0.2, 0) is 6.42 Å². The van der Waals surface area contributed by atoms with Crippen LogP contribution in [-0.4, -0.2) is 9.55 Å². The Bertz CT molecular complexity index is 805. The van der Waals surface area contributed by atoms with Gasteiger partial charge in [0.25, 0.3) is 0 Å². The normalized spacial score (nSPS) is 17.5. The lowest BCUT2D eigenvalue weighted by Crippen LogP contribution is -2.11. The first kappa shape index (κ1) is 14.2. The first-order chi connectivity index (χ1) is 11.3. The van der Waals surface area contributed by atoms with Crippen LogP contribution in [0.5, 0.6) is 0 Å². The maximum absolute atomic E-state index is 13.3. The van der Waals surface area contributed by atoms with E-state index in [0.29, 0.717) is 6.04 Å². The van der Waals surface area contributed by atoms with Gasteiger partial charge in [0, 0.05) is 11.9 Å². The van der Waals surface area contributed by atoms with Crippen molar-refractivity contribution >= 4 is 0 Å². The Kier molecular flexibility index (Phi) is 3.70. The molecule has 0 fully saturated rings. The number of hydrogen-bond donors (Lipinski definition) is 0. The quantitative estimate of drug-likeness (QED) is 0.651. The maximum Gasteiger partial charge on any atom is 0.123 e. The number of imidazole rings is 1. The Balaban J connectivity index is 1.83. The first-order valence-electron chi connectivity index (χ1n) is 8.18. The first-order valence-corrected chi connectivity index (χ1v) is 8.18. The minimum atomic E-state index is -0.197. The van der Waals surface area contributed by atoms with Gasteiger partial charge in [-0.15, -0.1) is 0 Å². The van der Waals surface area contributed by atoms with E-state index >= 15 is 0 Å². The molecule has 4 rings (SSSR count). The lowest BCUT2D eigenvalue weighted by Gasteiger charge is -2.22. The second-order valence-electron chi connectivity index (χ2n) is 6.15. The van der Waals surface area contributed by atoms with E-state index in [9.17, 15) is 4.39 Å². The van der Waals surface area contributed by atoms with Crippen LogP contribution in [0, 0.1) is 5.82 Å². The molecule has 2 heterocycles. The average molecular weight is 306 g/mol. The molecule has 23 heavy (non-hydrogen) atoms. The van der Waals surface area contributed by atoms with Gasteiger partial charge < -0.3 is 4.57 Å². The van der Waals surface area contributed by atoms with Gasteiger partial charge >= 0.3 is 0 Å². The van der Waals surface area contributed by atoms with E-state index in [0.717, 1.165) is 18.4 Å². The van der Waals surface area contributed by atoms with Crippen LogP contribution in [0.3, 0.4) is 0 Å². The number of halogens is 1. The number of aromatic nitrogens is 2. The summed E-state index contributed by atoms with van der Waals surface area (Å²) < 4.78 is 15.6. The Morgan fingerprint density at radius 1 is 1.00 bits per heavy atom. The molecule has 3 aromatic rings. The molecule has 0 aliphatic carbocycles. The van der Waals surface area contributed by atoms with Gasteiger partial charge in [0.1, 0.15) is 5.82 Å². The molecule has 0 N–H and O–H groups in total. The third-order valence-electron chi connectivity index (χ3n) is 4.72. The van der Waals surface area contributed by atoms with Crippen molar-refractivity contribution < 1.29 is 4.39 Å². The summed E-state index contributed by atoms with van der Waals surface area (Å²) in [6, 6.07) is 15.5. The molecule has 1 atom stereocenters. The van der Waals surface area contributed by atoms with E-state index in [1.165, 1.54) is 41.8 Å². The number of benzene rings is 2. The van der Waals surface area contributed by atoms with Crippen molar-refractivity contribution in [3.05, 3.63) is 78.1 Å². The molecule has 1 aliphatic heterocycles. The lowest BCUT2D eigenvalue weighted by molar-refractivity contribution is 0.537. The summed E-state index contributed by atoms with van der Waals surface area (Å²) in [5.74, 6) is -0.197. The molecule has 116 valence electrons. The molecule has 1 aliphatic rings. The summed E-state index contributed by atoms with van der Waals surface area (Å²) in [6.07, 6.45) is 8.56. The van der Waals surface area contributed by atoms with E-state index in [4.69, 9.17) is 0 Å². The zero-order valence-electron chi connectivity index (χ0n) is 13.0. The molecule has 0 saturated heterocycles. The van der Waals surface area contributed by atoms with Crippen molar-refractivity contribution in [3.8, 4) is 11.1 Å². The van der Waals surface area contributed by atoms with Gasteiger partial charge in [0.15, 0.2) is 0 Å². The number of aryl methyl sites for hydroxylation is 1. The van der Waals surface area contributed by atoms with E-state index in [1.807, 2.05) is 30.7 Å². The van der Waals surface area contributed by atoms with Gasteiger partial charge in [0.05, 0.1) is 12.4 Å². The zero-order chi connectivity index (χ0) is 15.6. The highest BCUT2D eigenvalue weighted by atomic mass is 19.1. The standard InChI is InChI=1S/C20H19FN2/c21-16-11-9-15(10-12-16)18-6-2-3-7-19(18)20-8-4-1-5-17-13-22-14-23(17)20/h2-3,6-7,9-14,20H,1,4-5,8H2. The molecule has 2 aromatic carbocycles. The third-order valence-corrected chi connectivity index (χ3v) is 4.72. The van der Waals surface area contributed by atoms with Crippen molar-refractivity contribution in [3.63, 3.8) is 0 Å². The van der Waals surface area contributed by atoms with Gasteiger partial charge in [-0.2, -0.15) is 0 Å². The van der Waals surface area contributed by atoms with Crippen LogP contribution in [0.4, 0.5) is 4.39 Å². The Morgan fingerprint density at radius 3 is 2.70 bits per heavy atom. The van der Waals surface area contributed by atoms with Gasteiger partial charge in [-0.05, 0) is 48.1 Å². The van der Waals surface area contributed by atoms with Gasteiger partial charge in [-0.1, -0.05) is 42.8 Å². The van der Waals surface area contributed by atoms with Crippen molar-refractivity contribution in [2.45, 2.75) is 31.7 Å². The van der Waals surface area contributed by atoms with Gasteiger partial charge in [-0.25, -0.2) is 9.37 Å². The third kappa shape index (κ3) is 2.67. The minimum absolute atomic E-state index is 0.197. The fraction of sp³-hybridized carbons (Fsp3) is 0.250. The van der Waals surface area contributed by atoms with Crippen LogP contribution < -0.4 is 0 Å². The monoisotopic (exact) mass is 306 g/mol. The number of nitrogens with zero attached hydrogens (tertiary/aromatic N) is 2. The molecule has 0 radical (unpaired) electrons. The summed E-state index contributed by atoms with van der Waals surface area (Å²) >= 11 is 0. The van der Waals surface area contributed by atoms with Crippen LogP contribution >= 0.6 is 0 Å². The number of hydrogen-bond acceptors (Lipinski definition) is 1. The largest absolute Gasteiger partial charge is 0.327 e. The topological polar surface area (TPSA) is 17.8 Å². The predicted octanol–water partition coefficient (Wildman–Crippen LogP) is 5.01. The molecule has 1 unspecified atom stereocenters. The number of rotatable bonds is 2. The molecule has 3 heteroatoms. The second-order valence-corrected chi connectivity index (χ2v) is 6.15. The summed E-state index contributed by atoms with van der Waals surface area (Å²) in [6.45, 7) is 0. The van der Waals surface area contributed by atoms with Crippen molar-refractivity contribution in [2.75, 3.05) is 0 Å². The van der Waals surface area contributed by atoms with Gasteiger partial charge in [-0.3, -0.25) is 0 Å². The summed E-state index contributed by atoms with van der Waals surface area (Å²) in [5.41, 5.74) is 4.84. The molecular formula is C20H19FN2. The fourth-order valence-corrected chi connectivity index (χ4v) is 3.57. The van der Waals surface area contributed by atoms with Crippen LogP contribution in [0.15, 0.2) is 61.1 Å². The zero-order valence-corrected chi connectivity index (χ0v) is 13.0. The smallest absolute Gasteiger partial charge is 0.123 e. The summed E-state index contributed by atoms with van der Waals surface area (Å²) in [7, 11) is 0. The SMILES string of the molecule is Fc1ccc(-c2ccccc2C2CCCCc3cncn32)cc1. The highest BCUT2D eigenvalue weighted by Gasteiger charge is 2.22. The van der Waals surface area contributed by atoms with Crippen molar-refractivity contribution in [1.29, 1.82) is 0 Å². The highest BCUT2D eigenvalue weighted by Crippen LogP contribution is 2.35. The van der Waals surface area contributed by atoms with Crippen LogP contribution in [0.25, 0.3) is 11.1 Å². The van der Waals surface area contributed by atoms with Gasteiger partial charge in [0.2, 0.25) is 0 Å². The molecule has 0 bridgehead atoms. The molecule has 2 nitrogen and oxygen atoms in total. The Morgan fingerprint density at radius 2 is 1.83 bits per heavy atom. The molecular weight excluding hydrogens is 287 g/mol. The highest BCUT2D eigenvalue weighted by molar-refractivity contribution is 5.68. The second kappa shape index (κ2) is 5.99. The molecule has 0 amide bonds. The Labute approximate surface area is 135 Å². The predicted molar refractivity (Wildman–Crippen MR) is 89.8 cm³/mol. The Hall–Kier alpha value is -2.42. The molecule has 0 spiro atoms. The number of fused-ring (bicyclic) bond motifs is 1.